The van der Waals surface area contributed by atoms with E-state index in [0.717, 1.165) is 55.9 Å². The fourth-order valence-electron chi connectivity index (χ4n) is 4.47. The summed E-state index contributed by atoms with van der Waals surface area (Å²) in [5.74, 6) is 0.236. The van der Waals surface area contributed by atoms with Crippen LogP contribution in [0.1, 0.15) is 31.1 Å². The molecule has 0 spiro atoms. The Morgan fingerprint density at radius 2 is 1.68 bits per heavy atom. The fourth-order valence-corrected chi connectivity index (χ4v) is 4.47. The van der Waals surface area contributed by atoms with Crippen LogP contribution in [0.3, 0.4) is 0 Å². The van der Waals surface area contributed by atoms with Crippen LogP contribution in [0.25, 0.3) is 22.3 Å². The second-order valence-electron chi connectivity index (χ2n) is 9.37. The van der Waals surface area contributed by atoms with Crippen molar-refractivity contribution in [2.75, 3.05) is 45.8 Å². The molecule has 1 aliphatic heterocycles. The van der Waals surface area contributed by atoms with Crippen LogP contribution in [0.15, 0.2) is 53.3 Å². The normalized spacial score (nSPS) is 15.2. The lowest BCUT2D eigenvalue weighted by Crippen LogP contribution is -2.48. The van der Waals surface area contributed by atoms with Gasteiger partial charge in [-0.3, -0.25) is 14.5 Å². The maximum absolute atomic E-state index is 13.3. The Kier molecular flexibility index (Phi) is 7.75. The molecule has 1 saturated heterocycles. The molecule has 2 aromatic carbocycles. The van der Waals surface area contributed by atoms with E-state index in [-0.39, 0.29) is 11.5 Å². The van der Waals surface area contributed by atoms with Crippen molar-refractivity contribution in [1.82, 2.24) is 24.7 Å². The molecule has 3 aromatic rings. The van der Waals surface area contributed by atoms with Gasteiger partial charge in [0.05, 0.1) is 11.0 Å². The van der Waals surface area contributed by atoms with Crippen LogP contribution in [-0.4, -0.2) is 71.1 Å². The summed E-state index contributed by atoms with van der Waals surface area (Å²) in [6.45, 7) is 13.9. The Labute approximate surface area is 201 Å². The lowest BCUT2D eigenvalue weighted by atomic mass is 10.1. The topological polar surface area (TPSA) is 70.5 Å². The van der Waals surface area contributed by atoms with Gasteiger partial charge in [-0.1, -0.05) is 45.0 Å². The highest BCUT2D eigenvalue weighted by Gasteiger charge is 2.16. The molecule has 1 aliphatic rings. The van der Waals surface area contributed by atoms with E-state index in [4.69, 9.17) is 0 Å². The quantitative estimate of drug-likeness (QED) is 0.558. The SMILES string of the molecule is CCN1CCN(CCNC(=O)c2ccc(-c3nc4ccccc4n(CC(C)C)c3=O)cc2)CC1. The number of nitrogens with zero attached hydrogens (tertiary/aromatic N) is 4. The molecule has 1 N–H and O–H groups in total. The first kappa shape index (κ1) is 24.1. The van der Waals surface area contributed by atoms with Crippen molar-refractivity contribution in [3.63, 3.8) is 0 Å². The van der Waals surface area contributed by atoms with Gasteiger partial charge in [-0.2, -0.15) is 0 Å². The molecule has 0 saturated carbocycles. The van der Waals surface area contributed by atoms with E-state index in [1.807, 2.05) is 41.0 Å². The molecular weight excluding hydrogens is 426 g/mol. The molecule has 1 aromatic heterocycles. The Morgan fingerprint density at radius 1 is 1.00 bits per heavy atom. The first-order valence-corrected chi connectivity index (χ1v) is 12.3. The number of carbonyl (C=O) groups is 1. The molecule has 0 aliphatic carbocycles. The smallest absolute Gasteiger partial charge is 0.277 e. The van der Waals surface area contributed by atoms with Gasteiger partial charge in [-0.05, 0) is 36.7 Å². The van der Waals surface area contributed by atoms with E-state index in [9.17, 15) is 9.59 Å². The van der Waals surface area contributed by atoms with Gasteiger partial charge in [0.2, 0.25) is 0 Å². The third kappa shape index (κ3) is 5.54. The van der Waals surface area contributed by atoms with Gasteiger partial charge in [0.1, 0.15) is 5.69 Å². The summed E-state index contributed by atoms with van der Waals surface area (Å²) in [5, 5.41) is 3.02. The number of fused-ring (bicyclic) bond motifs is 1. The van der Waals surface area contributed by atoms with Gasteiger partial charge in [0.15, 0.2) is 0 Å². The Hall–Kier alpha value is -3.03. The molecule has 1 fully saturated rings. The molecule has 4 rings (SSSR count). The van der Waals surface area contributed by atoms with Crippen molar-refractivity contribution in [1.29, 1.82) is 0 Å². The van der Waals surface area contributed by atoms with Gasteiger partial charge in [-0.15, -0.1) is 0 Å². The summed E-state index contributed by atoms with van der Waals surface area (Å²) in [5.41, 5.74) is 3.25. The lowest BCUT2D eigenvalue weighted by molar-refractivity contribution is 0.0938. The molecule has 0 radical (unpaired) electrons. The average molecular weight is 462 g/mol. The van der Waals surface area contributed by atoms with E-state index in [0.29, 0.717) is 30.3 Å². The molecule has 2 heterocycles. The molecule has 7 nitrogen and oxygen atoms in total. The van der Waals surface area contributed by atoms with Crippen molar-refractivity contribution >= 4 is 16.9 Å². The largest absolute Gasteiger partial charge is 0.351 e. The number of aromatic nitrogens is 2. The summed E-state index contributed by atoms with van der Waals surface area (Å²) in [4.78, 5) is 35.4. The molecule has 7 heteroatoms. The summed E-state index contributed by atoms with van der Waals surface area (Å²) in [6, 6.07) is 14.9. The highest BCUT2D eigenvalue weighted by atomic mass is 16.1. The number of rotatable bonds is 8. The zero-order chi connectivity index (χ0) is 24.1. The van der Waals surface area contributed by atoms with Crippen molar-refractivity contribution in [2.45, 2.75) is 27.3 Å². The molecular formula is C27H35N5O2. The zero-order valence-electron chi connectivity index (χ0n) is 20.5. The average Bonchev–Trinajstić information content (AvgIpc) is 2.86. The molecule has 1 amide bonds. The summed E-state index contributed by atoms with van der Waals surface area (Å²) >= 11 is 0. The Morgan fingerprint density at radius 3 is 2.35 bits per heavy atom. The summed E-state index contributed by atoms with van der Waals surface area (Å²) in [6.07, 6.45) is 0. The number of para-hydroxylation sites is 2. The molecule has 0 bridgehead atoms. The van der Waals surface area contributed by atoms with Crippen molar-refractivity contribution in [3.05, 3.63) is 64.4 Å². The second-order valence-corrected chi connectivity index (χ2v) is 9.37. The lowest BCUT2D eigenvalue weighted by Gasteiger charge is -2.33. The summed E-state index contributed by atoms with van der Waals surface area (Å²) in [7, 11) is 0. The van der Waals surface area contributed by atoms with E-state index < -0.39 is 0 Å². The number of nitrogens with one attached hydrogen (secondary N) is 1. The third-order valence-electron chi connectivity index (χ3n) is 6.45. The number of piperazine rings is 1. The third-order valence-corrected chi connectivity index (χ3v) is 6.45. The summed E-state index contributed by atoms with van der Waals surface area (Å²) < 4.78 is 1.81. The van der Waals surface area contributed by atoms with Crippen LogP contribution >= 0.6 is 0 Å². The Balaban J connectivity index is 1.44. The van der Waals surface area contributed by atoms with E-state index in [2.05, 4.69) is 40.9 Å². The van der Waals surface area contributed by atoms with Gasteiger partial charge in [0.25, 0.3) is 11.5 Å². The van der Waals surface area contributed by atoms with Gasteiger partial charge < -0.3 is 14.8 Å². The standard InChI is InChI=1S/C27H35N5O2/c1-4-30-15-17-31(18-16-30)14-13-28-26(33)22-11-9-21(10-12-22)25-27(34)32(19-20(2)3)24-8-6-5-7-23(24)29-25/h5-12,20H,4,13-19H2,1-3H3,(H,28,33). The number of benzene rings is 2. The van der Waals surface area contributed by atoms with Crippen LogP contribution in [0.2, 0.25) is 0 Å². The predicted octanol–water partition coefficient (Wildman–Crippen LogP) is 3.09. The van der Waals surface area contributed by atoms with Gasteiger partial charge in [-0.25, -0.2) is 4.98 Å². The van der Waals surface area contributed by atoms with Gasteiger partial charge >= 0.3 is 0 Å². The number of hydrogen-bond acceptors (Lipinski definition) is 5. The van der Waals surface area contributed by atoms with Crippen LogP contribution in [-0.2, 0) is 6.54 Å². The van der Waals surface area contributed by atoms with E-state index in [1.54, 1.807) is 12.1 Å². The number of amides is 1. The zero-order valence-corrected chi connectivity index (χ0v) is 20.5. The maximum atomic E-state index is 13.3. The highest BCUT2D eigenvalue weighted by molar-refractivity contribution is 5.94. The monoisotopic (exact) mass is 461 g/mol. The number of likely N-dealkylation sites (N-methyl/N-ethyl adjacent to an activating group) is 1. The highest BCUT2D eigenvalue weighted by Crippen LogP contribution is 2.19. The van der Waals surface area contributed by atoms with Crippen LogP contribution in [0.5, 0.6) is 0 Å². The maximum Gasteiger partial charge on any atom is 0.277 e. The number of hydrogen-bond donors (Lipinski definition) is 1. The minimum Gasteiger partial charge on any atom is -0.351 e. The van der Waals surface area contributed by atoms with Crippen molar-refractivity contribution in [3.8, 4) is 11.3 Å². The van der Waals surface area contributed by atoms with E-state index >= 15 is 0 Å². The molecule has 0 unspecified atom stereocenters. The van der Waals surface area contributed by atoms with Crippen molar-refractivity contribution in [2.24, 2.45) is 5.92 Å². The molecule has 0 atom stereocenters. The van der Waals surface area contributed by atoms with Crippen LogP contribution in [0, 0.1) is 5.92 Å². The van der Waals surface area contributed by atoms with Gasteiger partial charge in [0, 0.05) is 56.9 Å². The van der Waals surface area contributed by atoms with Crippen LogP contribution < -0.4 is 10.9 Å². The fraction of sp³-hybridized carbons (Fsp3) is 0.444. The minimum absolute atomic E-state index is 0.0950. The minimum atomic E-state index is -0.104. The van der Waals surface area contributed by atoms with Crippen LogP contribution in [0.4, 0.5) is 0 Å². The first-order valence-electron chi connectivity index (χ1n) is 12.3. The van der Waals surface area contributed by atoms with E-state index in [1.165, 1.54) is 0 Å². The van der Waals surface area contributed by atoms with Crippen molar-refractivity contribution < 1.29 is 4.79 Å². The second kappa shape index (κ2) is 10.9. The first-order chi connectivity index (χ1) is 16.5. The molecule has 180 valence electrons. The number of carbonyl (C=O) groups excluding carboxylic acids is 1. The predicted molar refractivity (Wildman–Crippen MR) is 137 cm³/mol. The Bertz CT molecular complexity index is 1180. The molecule has 34 heavy (non-hydrogen) atoms.